The Morgan fingerprint density at radius 1 is 0.680 bits per heavy atom. The second-order valence-corrected chi connectivity index (χ2v) is 6.40. The lowest BCUT2D eigenvalue weighted by atomic mass is 10.0. The monoisotopic (exact) mass is 326 g/mol. The molecule has 4 aromatic rings. The van der Waals surface area contributed by atoms with E-state index in [0.29, 0.717) is 0 Å². The minimum absolute atomic E-state index is 0.832. The second kappa shape index (κ2) is 6.48. The summed E-state index contributed by atoms with van der Waals surface area (Å²) in [5.74, 6) is 0. The topological polar surface area (TPSA) is 9.86 Å². The zero-order chi connectivity index (χ0) is 17.2. The summed E-state index contributed by atoms with van der Waals surface area (Å²) in [7, 11) is 0. The van der Waals surface area contributed by atoms with Crippen LogP contribution in [0.1, 0.15) is 11.1 Å². The summed E-state index contributed by atoms with van der Waals surface area (Å²) in [4.78, 5) is 0. The summed E-state index contributed by atoms with van der Waals surface area (Å²) >= 11 is 0. The van der Waals surface area contributed by atoms with E-state index in [-0.39, 0.29) is 0 Å². The van der Waals surface area contributed by atoms with Gasteiger partial charge in [-0.05, 0) is 23.3 Å². The Morgan fingerprint density at radius 3 is 1.56 bits per heavy atom. The van der Waals surface area contributed by atoms with Gasteiger partial charge in [0.25, 0.3) is 0 Å². The predicted molar refractivity (Wildman–Crippen MR) is 107 cm³/mol. The van der Waals surface area contributed by atoms with Gasteiger partial charge in [-0.3, -0.25) is 0 Å². The van der Waals surface area contributed by atoms with Crippen molar-refractivity contribution in [1.29, 1.82) is 0 Å². The van der Waals surface area contributed by atoms with Gasteiger partial charge in [-0.1, -0.05) is 48.6 Å². The predicted octanol–water partition coefficient (Wildman–Crippen LogP) is 5.56. The Morgan fingerprint density at radius 2 is 1.12 bits per heavy atom. The molecule has 0 aliphatic heterocycles. The van der Waals surface area contributed by atoms with E-state index in [0.717, 1.165) is 19.5 Å². The van der Waals surface area contributed by atoms with Crippen molar-refractivity contribution in [3.63, 3.8) is 0 Å². The van der Waals surface area contributed by atoms with Gasteiger partial charge in [0.15, 0.2) is 0 Å². The maximum atomic E-state index is 3.89. The molecule has 2 aromatic heterocycles. The van der Waals surface area contributed by atoms with Crippen LogP contribution in [-0.4, -0.2) is 9.13 Å². The first kappa shape index (κ1) is 15.5. The molecule has 0 spiro atoms. The molecular weight excluding hydrogens is 304 g/mol. The van der Waals surface area contributed by atoms with Gasteiger partial charge < -0.3 is 9.13 Å². The Kier molecular flexibility index (Phi) is 4.02. The van der Waals surface area contributed by atoms with Gasteiger partial charge in [-0.15, -0.1) is 13.2 Å². The van der Waals surface area contributed by atoms with Crippen molar-refractivity contribution in [2.75, 3.05) is 0 Å². The SMILES string of the molecule is C=CCn1cc(Cc2cn(CC=C)c3ccccc23)c2ccccc21. The number of aromatic nitrogens is 2. The number of rotatable bonds is 6. The van der Waals surface area contributed by atoms with Crippen molar-refractivity contribution in [1.82, 2.24) is 9.13 Å². The van der Waals surface area contributed by atoms with E-state index in [2.05, 4.69) is 83.2 Å². The molecule has 2 heterocycles. The zero-order valence-corrected chi connectivity index (χ0v) is 14.4. The van der Waals surface area contributed by atoms with Gasteiger partial charge in [-0.2, -0.15) is 0 Å². The molecule has 0 amide bonds. The van der Waals surface area contributed by atoms with Crippen molar-refractivity contribution < 1.29 is 0 Å². The van der Waals surface area contributed by atoms with Crippen LogP contribution in [0.25, 0.3) is 21.8 Å². The molecule has 0 fully saturated rings. The van der Waals surface area contributed by atoms with Gasteiger partial charge >= 0.3 is 0 Å². The number of fused-ring (bicyclic) bond motifs is 2. The molecule has 0 N–H and O–H groups in total. The van der Waals surface area contributed by atoms with E-state index in [1.807, 2.05) is 12.2 Å². The number of allylic oxidation sites excluding steroid dienone is 2. The number of hydrogen-bond donors (Lipinski definition) is 0. The molecule has 2 heteroatoms. The van der Waals surface area contributed by atoms with E-state index in [1.165, 1.54) is 32.9 Å². The quantitative estimate of drug-likeness (QED) is 0.411. The molecule has 0 radical (unpaired) electrons. The molecule has 0 saturated heterocycles. The largest absolute Gasteiger partial charge is 0.343 e. The minimum atomic E-state index is 0.832. The molecule has 0 aliphatic rings. The number of benzene rings is 2. The molecule has 25 heavy (non-hydrogen) atoms. The van der Waals surface area contributed by atoms with Crippen LogP contribution in [0, 0.1) is 0 Å². The van der Waals surface area contributed by atoms with Crippen molar-refractivity contribution in [2.24, 2.45) is 0 Å². The van der Waals surface area contributed by atoms with Gasteiger partial charge in [0.05, 0.1) is 0 Å². The van der Waals surface area contributed by atoms with Crippen LogP contribution in [-0.2, 0) is 19.5 Å². The molecule has 124 valence electrons. The third-order valence-electron chi connectivity index (χ3n) is 4.77. The maximum Gasteiger partial charge on any atom is 0.0486 e. The highest BCUT2D eigenvalue weighted by Gasteiger charge is 2.12. The van der Waals surface area contributed by atoms with Gasteiger partial charge in [0, 0.05) is 53.7 Å². The molecule has 0 aliphatic carbocycles. The molecule has 2 aromatic carbocycles. The Labute approximate surface area is 148 Å². The first-order chi connectivity index (χ1) is 12.3. The highest BCUT2D eigenvalue weighted by Crippen LogP contribution is 2.28. The third kappa shape index (κ3) is 2.70. The van der Waals surface area contributed by atoms with Crippen LogP contribution >= 0.6 is 0 Å². The standard InChI is InChI=1S/C23H22N2/c1-3-13-24-16-18(20-9-5-7-11-22(20)24)15-19-17-25(14-4-2)23-12-8-6-10-21(19)23/h3-12,16-17H,1-2,13-15H2. The Hall–Kier alpha value is -3.00. The van der Waals surface area contributed by atoms with E-state index >= 15 is 0 Å². The molecule has 0 saturated carbocycles. The maximum absolute atomic E-state index is 3.89. The highest BCUT2D eigenvalue weighted by molar-refractivity contribution is 5.87. The Bertz CT molecular complexity index is 976. The molecule has 2 nitrogen and oxygen atoms in total. The minimum Gasteiger partial charge on any atom is -0.343 e. The van der Waals surface area contributed by atoms with Crippen molar-refractivity contribution in [2.45, 2.75) is 19.5 Å². The summed E-state index contributed by atoms with van der Waals surface area (Å²) in [6, 6.07) is 17.2. The summed E-state index contributed by atoms with van der Waals surface area (Å²) in [5, 5.41) is 2.65. The van der Waals surface area contributed by atoms with Crippen LogP contribution < -0.4 is 0 Å². The molecule has 4 rings (SSSR count). The lowest BCUT2D eigenvalue weighted by molar-refractivity contribution is 0.853. The van der Waals surface area contributed by atoms with Crippen molar-refractivity contribution in [3.05, 3.63) is 97.4 Å². The summed E-state index contributed by atoms with van der Waals surface area (Å²) < 4.78 is 4.56. The van der Waals surface area contributed by atoms with Crippen LogP contribution in [0.15, 0.2) is 86.2 Å². The third-order valence-corrected chi connectivity index (χ3v) is 4.77. The fourth-order valence-corrected chi connectivity index (χ4v) is 3.71. The van der Waals surface area contributed by atoms with Crippen molar-refractivity contribution in [3.8, 4) is 0 Å². The van der Waals surface area contributed by atoms with E-state index < -0.39 is 0 Å². The second-order valence-electron chi connectivity index (χ2n) is 6.40. The number of para-hydroxylation sites is 2. The smallest absolute Gasteiger partial charge is 0.0486 e. The van der Waals surface area contributed by atoms with Gasteiger partial charge in [0.1, 0.15) is 0 Å². The Balaban J connectivity index is 1.83. The molecule has 0 unspecified atom stereocenters. The summed E-state index contributed by atoms with van der Waals surface area (Å²) in [6.07, 6.45) is 9.37. The normalized spacial score (nSPS) is 11.2. The first-order valence-corrected chi connectivity index (χ1v) is 8.67. The van der Waals surface area contributed by atoms with Crippen LogP contribution in [0.4, 0.5) is 0 Å². The lowest BCUT2D eigenvalue weighted by Crippen LogP contribution is -1.92. The van der Waals surface area contributed by atoms with Crippen LogP contribution in [0.3, 0.4) is 0 Å². The van der Waals surface area contributed by atoms with Crippen LogP contribution in [0.2, 0.25) is 0 Å². The summed E-state index contributed by atoms with van der Waals surface area (Å²) in [5.41, 5.74) is 5.26. The first-order valence-electron chi connectivity index (χ1n) is 8.67. The average Bonchev–Trinajstić information content (AvgIpc) is 3.16. The molecule has 0 bridgehead atoms. The van der Waals surface area contributed by atoms with E-state index in [4.69, 9.17) is 0 Å². The van der Waals surface area contributed by atoms with Gasteiger partial charge in [-0.25, -0.2) is 0 Å². The highest BCUT2D eigenvalue weighted by atomic mass is 15.0. The average molecular weight is 326 g/mol. The summed E-state index contributed by atoms with van der Waals surface area (Å²) in [6.45, 7) is 9.44. The van der Waals surface area contributed by atoms with Gasteiger partial charge in [0.2, 0.25) is 0 Å². The fourth-order valence-electron chi connectivity index (χ4n) is 3.71. The van der Waals surface area contributed by atoms with E-state index in [1.54, 1.807) is 0 Å². The van der Waals surface area contributed by atoms with Crippen LogP contribution in [0.5, 0.6) is 0 Å². The fraction of sp³-hybridized carbons (Fsp3) is 0.130. The lowest BCUT2D eigenvalue weighted by Gasteiger charge is -1.99. The zero-order valence-electron chi connectivity index (χ0n) is 14.4. The van der Waals surface area contributed by atoms with Crippen molar-refractivity contribution >= 4 is 21.8 Å². The number of nitrogens with zero attached hydrogens (tertiary/aromatic N) is 2. The number of hydrogen-bond acceptors (Lipinski definition) is 0. The molecular formula is C23H22N2. The van der Waals surface area contributed by atoms with E-state index in [9.17, 15) is 0 Å². The molecule has 0 atom stereocenters.